The molecule has 2 aliphatic rings. The SMILES string of the molecule is Cc1nn(-c2ccccc2)c2c1CN(C(=O)NC1CCCCC1)[C@H](c1ccc(N(C)C)cc1)c1cccn1-2. The van der Waals surface area contributed by atoms with Gasteiger partial charge >= 0.3 is 6.03 Å². The Balaban J connectivity index is 1.49. The summed E-state index contributed by atoms with van der Waals surface area (Å²) in [5.41, 5.74) is 6.28. The zero-order valence-corrected chi connectivity index (χ0v) is 22.5. The number of carbonyl (C=O) groups excluding carboxylic acids is 1. The monoisotopic (exact) mass is 508 g/mol. The van der Waals surface area contributed by atoms with Crippen LogP contribution in [0.5, 0.6) is 0 Å². The largest absolute Gasteiger partial charge is 0.378 e. The third-order valence-corrected chi connectivity index (χ3v) is 8.01. The summed E-state index contributed by atoms with van der Waals surface area (Å²) in [5.74, 6) is 0.997. The van der Waals surface area contributed by atoms with Gasteiger partial charge < -0.3 is 19.7 Å². The zero-order chi connectivity index (χ0) is 26.2. The number of amides is 2. The number of para-hydroxylation sites is 1. The van der Waals surface area contributed by atoms with Crippen molar-refractivity contribution < 1.29 is 4.79 Å². The van der Waals surface area contributed by atoms with E-state index in [0.29, 0.717) is 6.54 Å². The average molecular weight is 509 g/mol. The van der Waals surface area contributed by atoms with Crippen molar-refractivity contribution in [1.82, 2.24) is 24.6 Å². The summed E-state index contributed by atoms with van der Waals surface area (Å²) < 4.78 is 4.24. The Hall–Kier alpha value is -4.00. The second-order valence-corrected chi connectivity index (χ2v) is 10.7. The third kappa shape index (κ3) is 4.36. The highest BCUT2D eigenvalue weighted by Gasteiger charge is 2.36. The van der Waals surface area contributed by atoms with Gasteiger partial charge in [0, 0.05) is 37.6 Å². The minimum Gasteiger partial charge on any atom is -0.378 e. The van der Waals surface area contributed by atoms with Crippen LogP contribution in [0.2, 0.25) is 0 Å². The lowest BCUT2D eigenvalue weighted by Gasteiger charge is -2.33. The van der Waals surface area contributed by atoms with E-state index in [1.165, 1.54) is 19.3 Å². The van der Waals surface area contributed by atoms with Crippen molar-refractivity contribution in [2.75, 3.05) is 19.0 Å². The van der Waals surface area contributed by atoms with Crippen molar-refractivity contribution in [3.05, 3.63) is 95.4 Å². The Kier molecular flexibility index (Phi) is 6.44. The first-order valence-corrected chi connectivity index (χ1v) is 13.7. The molecule has 2 aromatic carbocycles. The summed E-state index contributed by atoms with van der Waals surface area (Å²) in [7, 11) is 4.09. The molecule has 6 rings (SSSR count). The molecule has 1 saturated carbocycles. The summed E-state index contributed by atoms with van der Waals surface area (Å²) in [5, 5.41) is 8.35. The van der Waals surface area contributed by atoms with Crippen LogP contribution in [0.3, 0.4) is 0 Å². The Morgan fingerprint density at radius 1 is 0.947 bits per heavy atom. The molecule has 0 radical (unpaired) electrons. The first kappa shape index (κ1) is 24.3. The summed E-state index contributed by atoms with van der Waals surface area (Å²) in [6, 6.07) is 23.0. The second-order valence-electron chi connectivity index (χ2n) is 10.7. The van der Waals surface area contributed by atoms with Crippen LogP contribution in [0.25, 0.3) is 11.5 Å². The van der Waals surface area contributed by atoms with Gasteiger partial charge in [-0.05, 0) is 61.7 Å². The van der Waals surface area contributed by atoms with Crippen molar-refractivity contribution in [3.63, 3.8) is 0 Å². The number of rotatable bonds is 4. The molecule has 1 fully saturated rings. The topological polar surface area (TPSA) is 58.3 Å². The fourth-order valence-corrected chi connectivity index (χ4v) is 5.96. The number of hydrogen-bond donors (Lipinski definition) is 1. The molecular weight excluding hydrogens is 472 g/mol. The molecule has 1 aliphatic heterocycles. The molecule has 2 aromatic heterocycles. The van der Waals surface area contributed by atoms with Crippen molar-refractivity contribution >= 4 is 11.7 Å². The predicted molar refractivity (Wildman–Crippen MR) is 151 cm³/mol. The number of fused-ring (bicyclic) bond motifs is 3. The highest BCUT2D eigenvalue weighted by atomic mass is 16.2. The molecule has 0 bridgehead atoms. The number of aromatic nitrogens is 3. The predicted octanol–water partition coefficient (Wildman–Crippen LogP) is 5.98. The van der Waals surface area contributed by atoms with Crippen molar-refractivity contribution in [2.24, 2.45) is 0 Å². The van der Waals surface area contributed by atoms with Crippen LogP contribution in [0.15, 0.2) is 72.9 Å². The maximum Gasteiger partial charge on any atom is 0.318 e. The van der Waals surface area contributed by atoms with Gasteiger partial charge in [-0.2, -0.15) is 5.10 Å². The molecule has 4 aromatic rings. The molecule has 2 amide bonds. The number of urea groups is 1. The number of nitrogens with zero attached hydrogens (tertiary/aromatic N) is 5. The number of anilines is 1. The number of nitrogens with one attached hydrogen (secondary N) is 1. The molecule has 0 unspecified atom stereocenters. The quantitative estimate of drug-likeness (QED) is 0.369. The fourth-order valence-electron chi connectivity index (χ4n) is 5.96. The molecule has 7 nitrogen and oxygen atoms in total. The van der Waals surface area contributed by atoms with Crippen molar-refractivity contribution in [3.8, 4) is 11.5 Å². The van der Waals surface area contributed by atoms with Gasteiger partial charge in [-0.25, -0.2) is 9.48 Å². The molecule has 1 atom stereocenters. The molecule has 38 heavy (non-hydrogen) atoms. The number of aryl methyl sites for hydroxylation is 1. The van der Waals surface area contributed by atoms with Gasteiger partial charge in [-0.1, -0.05) is 49.6 Å². The Morgan fingerprint density at radius 2 is 1.68 bits per heavy atom. The van der Waals surface area contributed by atoms with Crippen LogP contribution in [0, 0.1) is 6.92 Å². The van der Waals surface area contributed by atoms with Gasteiger partial charge in [-0.3, -0.25) is 0 Å². The van der Waals surface area contributed by atoms with Crippen LogP contribution in [-0.4, -0.2) is 45.4 Å². The average Bonchev–Trinajstić information content (AvgIpc) is 3.50. The highest BCUT2D eigenvalue weighted by Crippen LogP contribution is 2.39. The smallest absolute Gasteiger partial charge is 0.318 e. The van der Waals surface area contributed by atoms with Gasteiger partial charge in [0.1, 0.15) is 5.82 Å². The molecule has 3 heterocycles. The van der Waals surface area contributed by atoms with Crippen LogP contribution in [0.4, 0.5) is 10.5 Å². The zero-order valence-electron chi connectivity index (χ0n) is 22.5. The lowest BCUT2D eigenvalue weighted by molar-refractivity contribution is 0.173. The van der Waals surface area contributed by atoms with E-state index in [1.54, 1.807) is 0 Å². The van der Waals surface area contributed by atoms with E-state index in [0.717, 1.165) is 52.5 Å². The van der Waals surface area contributed by atoms with Gasteiger partial charge in [-0.15, -0.1) is 0 Å². The van der Waals surface area contributed by atoms with Crippen molar-refractivity contribution in [1.29, 1.82) is 0 Å². The summed E-state index contributed by atoms with van der Waals surface area (Å²) in [6.45, 7) is 2.53. The van der Waals surface area contributed by atoms with Gasteiger partial charge in [0.25, 0.3) is 0 Å². The van der Waals surface area contributed by atoms with E-state index in [-0.39, 0.29) is 18.1 Å². The molecule has 0 spiro atoms. The first-order chi connectivity index (χ1) is 18.5. The summed E-state index contributed by atoms with van der Waals surface area (Å²) in [6.07, 6.45) is 7.81. The molecule has 0 saturated heterocycles. The maximum atomic E-state index is 14.1. The molecular formula is C31H36N6O. The minimum atomic E-state index is -0.235. The van der Waals surface area contributed by atoms with Crippen LogP contribution >= 0.6 is 0 Å². The Labute approximate surface area is 224 Å². The van der Waals surface area contributed by atoms with Crippen LogP contribution in [-0.2, 0) is 6.54 Å². The minimum absolute atomic E-state index is 0.00829. The lowest BCUT2D eigenvalue weighted by Crippen LogP contribution is -2.46. The van der Waals surface area contributed by atoms with E-state index < -0.39 is 0 Å². The van der Waals surface area contributed by atoms with Gasteiger partial charge in [0.2, 0.25) is 0 Å². The lowest BCUT2D eigenvalue weighted by atomic mass is 9.95. The molecule has 1 aliphatic carbocycles. The summed E-state index contributed by atoms with van der Waals surface area (Å²) >= 11 is 0. The second kappa shape index (κ2) is 10.0. The highest BCUT2D eigenvalue weighted by molar-refractivity contribution is 5.76. The van der Waals surface area contributed by atoms with E-state index in [4.69, 9.17) is 5.10 Å². The number of benzene rings is 2. The van der Waals surface area contributed by atoms with Gasteiger partial charge in [0.05, 0.1) is 29.7 Å². The standard InChI is InChI=1S/C31H36N6O/c1-22-27-21-36(31(38)32-24-11-6-4-7-12-24)29(23-16-18-25(19-17-23)34(2)3)28-15-10-20-35(28)30(27)37(33-22)26-13-8-5-9-14-26/h5,8-10,13-20,24,29H,4,6-7,11-12,21H2,1-3H3,(H,32,38)/t29-/m1/s1. The normalized spacial score (nSPS) is 17.4. The van der Waals surface area contributed by atoms with E-state index in [2.05, 4.69) is 69.5 Å². The molecule has 7 heteroatoms. The maximum absolute atomic E-state index is 14.1. The van der Waals surface area contributed by atoms with Crippen molar-refractivity contribution in [2.45, 2.75) is 57.7 Å². The fraction of sp³-hybridized carbons (Fsp3) is 0.355. The molecule has 1 N–H and O–H groups in total. The number of carbonyl (C=O) groups is 1. The van der Waals surface area contributed by atoms with Crippen LogP contribution < -0.4 is 10.2 Å². The van der Waals surface area contributed by atoms with Gasteiger partial charge in [0.15, 0.2) is 0 Å². The number of hydrogen-bond acceptors (Lipinski definition) is 3. The van der Waals surface area contributed by atoms with E-state index in [9.17, 15) is 4.79 Å². The Morgan fingerprint density at radius 3 is 2.39 bits per heavy atom. The van der Waals surface area contributed by atoms with E-state index >= 15 is 0 Å². The Bertz CT molecular complexity index is 1410. The summed E-state index contributed by atoms with van der Waals surface area (Å²) in [4.78, 5) is 18.2. The third-order valence-electron chi connectivity index (χ3n) is 8.01. The first-order valence-electron chi connectivity index (χ1n) is 13.7. The molecule has 196 valence electrons. The van der Waals surface area contributed by atoms with Crippen LogP contribution in [0.1, 0.15) is 60.7 Å². The van der Waals surface area contributed by atoms with E-state index in [1.807, 2.05) is 48.8 Å².